The fraction of sp³-hybridized carbons (Fsp3) is 0.500. The first kappa shape index (κ1) is 15.7. The lowest BCUT2D eigenvalue weighted by atomic mass is 10.3. The number of aromatic nitrogens is 2. The van der Waals surface area contributed by atoms with Gasteiger partial charge in [0.15, 0.2) is 0 Å². The van der Waals surface area contributed by atoms with Crippen molar-refractivity contribution in [1.29, 1.82) is 0 Å². The maximum atomic E-state index is 13.7. The Kier molecular flexibility index (Phi) is 5.41. The van der Waals surface area contributed by atoms with Gasteiger partial charge >= 0.3 is 0 Å². The Bertz CT molecular complexity index is 600. The molecule has 1 unspecified atom stereocenters. The van der Waals surface area contributed by atoms with Gasteiger partial charge in [-0.1, -0.05) is 0 Å². The topological polar surface area (TPSA) is 27.1 Å². The molecule has 2 aromatic rings. The highest BCUT2D eigenvalue weighted by atomic mass is 79.9. The van der Waals surface area contributed by atoms with Crippen LogP contribution in [0.15, 0.2) is 16.6 Å². The molecule has 0 aliphatic heterocycles. The largest absolute Gasteiger partial charge is 0.382 e. The standard InChI is InChI=1S/C14H17BrClFN2O/c1-3-20-6-4-5-19-13-8-11(17)10(15)7-12(13)18-14(19)9(2)16/h7-9H,3-6H2,1-2H3. The number of aryl methyl sites for hydroxylation is 1. The molecular formula is C14H17BrClFN2O. The maximum absolute atomic E-state index is 13.7. The zero-order valence-electron chi connectivity index (χ0n) is 11.5. The molecule has 110 valence electrons. The molecule has 0 saturated heterocycles. The van der Waals surface area contributed by atoms with Gasteiger partial charge < -0.3 is 9.30 Å². The van der Waals surface area contributed by atoms with Crippen molar-refractivity contribution in [2.24, 2.45) is 0 Å². The van der Waals surface area contributed by atoms with Gasteiger partial charge in [0.2, 0.25) is 0 Å². The first-order chi connectivity index (χ1) is 9.54. The third-order valence-electron chi connectivity index (χ3n) is 3.05. The Hall–Kier alpha value is -0.650. The highest BCUT2D eigenvalue weighted by Gasteiger charge is 2.16. The van der Waals surface area contributed by atoms with Gasteiger partial charge in [-0.25, -0.2) is 9.37 Å². The summed E-state index contributed by atoms with van der Waals surface area (Å²) < 4.78 is 21.5. The third-order valence-corrected chi connectivity index (χ3v) is 3.85. The van der Waals surface area contributed by atoms with E-state index in [0.717, 1.165) is 23.3 Å². The summed E-state index contributed by atoms with van der Waals surface area (Å²) in [7, 11) is 0. The zero-order chi connectivity index (χ0) is 14.7. The summed E-state index contributed by atoms with van der Waals surface area (Å²) >= 11 is 9.36. The second kappa shape index (κ2) is 6.87. The summed E-state index contributed by atoms with van der Waals surface area (Å²) in [6, 6.07) is 3.18. The van der Waals surface area contributed by atoms with Crippen molar-refractivity contribution in [3.63, 3.8) is 0 Å². The molecule has 0 fully saturated rings. The number of fused-ring (bicyclic) bond motifs is 1. The Balaban J connectivity index is 2.37. The molecule has 0 amide bonds. The lowest BCUT2D eigenvalue weighted by Gasteiger charge is -2.10. The Morgan fingerprint density at radius 1 is 1.50 bits per heavy atom. The minimum Gasteiger partial charge on any atom is -0.382 e. The summed E-state index contributed by atoms with van der Waals surface area (Å²) in [5.74, 6) is 0.466. The van der Waals surface area contributed by atoms with E-state index in [9.17, 15) is 4.39 Å². The summed E-state index contributed by atoms with van der Waals surface area (Å²) in [6.07, 6.45) is 0.841. The van der Waals surface area contributed by atoms with E-state index in [4.69, 9.17) is 16.3 Å². The second-order valence-corrected chi connectivity index (χ2v) is 6.05. The fourth-order valence-corrected chi connectivity index (χ4v) is 2.64. The molecule has 0 N–H and O–H groups in total. The second-order valence-electron chi connectivity index (χ2n) is 4.54. The summed E-state index contributed by atoms with van der Waals surface area (Å²) in [4.78, 5) is 4.51. The number of hydrogen-bond donors (Lipinski definition) is 0. The van der Waals surface area contributed by atoms with Crippen LogP contribution in [0.4, 0.5) is 4.39 Å². The normalized spacial score (nSPS) is 13.1. The van der Waals surface area contributed by atoms with Crippen molar-refractivity contribution in [2.45, 2.75) is 32.2 Å². The number of hydrogen-bond acceptors (Lipinski definition) is 2. The number of nitrogens with zero attached hydrogens (tertiary/aromatic N) is 2. The first-order valence-electron chi connectivity index (χ1n) is 6.61. The monoisotopic (exact) mass is 362 g/mol. The molecule has 1 heterocycles. The van der Waals surface area contributed by atoms with E-state index in [2.05, 4.69) is 20.9 Å². The molecule has 0 saturated carbocycles. The van der Waals surface area contributed by atoms with Crippen molar-refractivity contribution in [3.05, 3.63) is 28.2 Å². The molecule has 1 atom stereocenters. The smallest absolute Gasteiger partial charge is 0.139 e. The van der Waals surface area contributed by atoms with Gasteiger partial charge in [-0.05, 0) is 42.3 Å². The summed E-state index contributed by atoms with van der Waals surface area (Å²) in [5, 5.41) is -0.226. The molecule has 20 heavy (non-hydrogen) atoms. The van der Waals surface area contributed by atoms with E-state index in [0.29, 0.717) is 24.2 Å². The lowest BCUT2D eigenvalue weighted by molar-refractivity contribution is 0.141. The SMILES string of the molecule is CCOCCCn1c(C(C)Cl)nc2cc(Br)c(F)cc21. The molecule has 0 bridgehead atoms. The van der Waals surface area contributed by atoms with Gasteiger partial charge in [-0.3, -0.25) is 0 Å². The van der Waals surface area contributed by atoms with Crippen LogP contribution < -0.4 is 0 Å². The zero-order valence-corrected chi connectivity index (χ0v) is 13.8. The van der Waals surface area contributed by atoms with Crippen molar-refractivity contribution in [1.82, 2.24) is 9.55 Å². The van der Waals surface area contributed by atoms with Gasteiger partial charge in [0.1, 0.15) is 11.6 Å². The van der Waals surface area contributed by atoms with E-state index in [1.165, 1.54) is 6.07 Å². The molecule has 2 rings (SSSR count). The van der Waals surface area contributed by atoms with E-state index in [1.54, 1.807) is 6.07 Å². The average molecular weight is 364 g/mol. The molecule has 0 aliphatic carbocycles. The van der Waals surface area contributed by atoms with E-state index < -0.39 is 0 Å². The Morgan fingerprint density at radius 2 is 2.25 bits per heavy atom. The predicted molar refractivity (Wildman–Crippen MR) is 82.8 cm³/mol. The van der Waals surface area contributed by atoms with Crippen molar-refractivity contribution in [3.8, 4) is 0 Å². The molecule has 1 aromatic heterocycles. The average Bonchev–Trinajstić information content (AvgIpc) is 2.74. The van der Waals surface area contributed by atoms with E-state index in [1.807, 2.05) is 18.4 Å². The highest BCUT2D eigenvalue weighted by molar-refractivity contribution is 9.10. The van der Waals surface area contributed by atoms with Crippen molar-refractivity contribution in [2.75, 3.05) is 13.2 Å². The van der Waals surface area contributed by atoms with Crippen LogP contribution in [0.25, 0.3) is 11.0 Å². The minimum atomic E-state index is -0.294. The molecule has 0 aliphatic rings. The Labute approximate surface area is 131 Å². The van der Waals surface area contributed by atoms with E-state index >= 15 is 0 Å². The van der Waals surface area contributed by atoms with Crippen LogP contribution in [0.2, 0.25) is 0 Å². The van der Waals surface area contributed by atoms with Crippen LogP contribution in [-0.4, -0.2) is 22.8 Å². The number of rotatable bonds is 6. The van der Waals surface area contributed by atoms with Crippen LogP contribution in [0, 0.1) is 5.82 Å². The van der Waals surface area contributed by atoms with Crippen LogP contribution in [-0.2, 0) is 11.3 Å². The molecule has 0 radical (unpaired) electrons. The van der Waals surface area contributed by atoms with Gasteiger partial charge in [0.25, 0.3) is 0 Å². The maximum Gasteiger partial charge on any atom is 0.139 e. The fourth-order valence-electron chi connectivity index (χ4n) is 2.15. The quantitative estimate of drug-likeness (QED) is 0.551. The molecule has 1 aromatic carbocycles. The van der Waals surface area contributed by atoms with Crippen LogP contribution >= 0.6 is 27.5 Å². The molecule has 0 spiro atoms. The molecular weight excluding hydrogens is 347 g/mol. The van der Waals surface area contributed by atoms with Crippen LogP contribution in [0.1, 0.15) is 31.5 Å². The highest BCUT2D eigenvalue weighted by Crippen LogP contribution is 2.28. The molecule has 6 heteroatoms. The molecule has 3 nitrogen and oxygen atoms in total. The van der Waals surface area contributed by atoms with Crippen molar-refractivity contribution < 1.29 is 9.13 Å². The van der Waals surface area contributed by atoms with Gasteiger partial charge in [0, 0.05) is 25.8 Å². The van der Waals surface area contributed by atoms with Gasteiger partial charge in [0.05, 0.1) is 20.9 Å². The lowest BCUT2D eigenvalue weighted by Crippen LogP contribution is -2.07. The first-order valence-corrected chi connectivity index (χ1v) is 7.84. The number of imidazole rings is 1. The number of benzene rings is 1. The number of alkyl halides is 1. The third kappa shape index (κ3) is 3.32. The van der Waals surface area contributed by atoms with Gasteiger partial charge in [-0.2, -0.15) is 0 Å². The number of halogens is 3. The van der Waals surface area contributed by atoms with Crippen LogP contribution in [0.5, 0.6) is 0 Å². The summed E-state index contributed by atoms with van der Waals surface area (Å²) in [5.41, 5.74) is 1.52. The predicted octanol–water partition coefficient (Wildman–Crippen LogP) is 4.66. The van der Waals surface area contributed by atoms with Gasteiger partial charge in [-0.15, -0.1) is 11.6 Å². The Morgan fingerprint density at radius 3 is 2.90 bits per heavy atom. The van der Waals surface area contributed by atoms with Crippen LogP contribution in [0.3, 0.4) is 0 Å². The minimum absolute atomic E-state index is 0.226. The summed E-state index contributed by atoms with van der Waals surface area (Å²) in [6.45, 7) is 5.92. The van der Waals surface area contributed by atoms with E-state index in [-0.39, 0.29) is 11.2 Å². The number of ether oxygens (including phenoxy) is 1. The van der Waals surface area contributed by atoms with Crippen molar-refractivity contribution >= 4 is 38.6 Å².